The van der Waals surface area contributed by atoms with E-state index in [-0.39, 0.29) is 0 Å². The highest BCUT2D eigenvalue weighted by Gasteiger charge is 2.14. The van der Waals surface area contributed by atoms with Gasteiger partial charge < -0.3 is 15.5 Å². The molecule has 1 rings (SSSR count). The lowest BCUT2D eigenvalue weighted by atomic mass is 10.2. The maximum absolute atomic E-state index is 11.7. The fraction of sp³-hybridized carbons (Fsp3) is 0.429. The molecule has 5 nitrogen and oxygen atoms in total. The van der Waals surface area contributed by atoms with Crippen molar-refractivity contribution < 1.29 is 9.59 Å². The number of carbonyl (C=O) groups is 2. The molecular weight excluding hydrogens is 278 g/mol. The van der Waals surface area contributed by atoms with Crippen molar-refractivity contribution in [2.45, 2.75) is 13.3 Å². The zero-order valence-electron chi connectivity index (χ0n) is 12.0. The number of aryl methyl sites for hydroxylation is 1. The number of amides is 2. The number of carbonyl (C=O) groups excluding carboxylic acids is 2. The van der Waals surface area contributed by atoms with E-state index in [4.69, 9.17) is 11.6 Å². The van der Waals surface area contributed by atoms with Gasteiger partial charge in [0, 0.05) is 17.3 Å². The van der Waals surface area contributed by atoms with Gasteiger partial charge in [0.05, 0.1) is 0 Å². The summed E-state index contributed by atoms with van der Waals surface area (Å²) in [6, 6.07) is 5.13. The van der Waals surface area contributed by atoms with E-state index in [1.165, 1.54) is 0 Å². The molecule has 1 aromatic rings. The Bertz CT molecular complexity index is 489. The fourth-order valence-electron chi connectivity index (χ4n) is 1.59. The van der Waals surface area contributed by atoms with Crippen molar-refractivity contribution in [2.75, 3.05) is 32.5 Å². The quantitative estimate of drug-likeness (QED) is 0.642. The Morgan fingerprint density at radius 3 is 2.60 bits per heavy atom. The molecule has 20 heavy (non-hydrogen) atoms. The van der Waals surface area contributed by atoms with Gasteiger partial charge >= 0.3 is 11.8 Å². The molecule has 0 unspecified atom stereocenters. The maximum atomic E-state index is 11.7. The number of nitrogens with zero attached hydrogens (tertiary/aromatic N) is 1. The van der Waals surface area contributed by atoms with Crippen LogP contribution in [0.5, 0.6) is 0 Å². The molecule has 6 heteroatoms. The van der Waals surface area contributed by atoms with Crippen LogP contribution in [-0.2, 0) is 9.59 Å². The van der Waals surface area contributed by atoms with Crippen molar-refractivity contribution in [3.8, 4) is 0 Å². The normalized spacial score (nSPS) is 10.4. The zero-order valence-corrected chi connectivity index (χ0v) is 12.8. The topological polar surface area (TPSA) is 61.4 Å². The van der Waals surface area contributed by atoms with E-state index < -0.39 is 11.8 Å². The van der Waals surface area contributed by atoms with Crippen LogP contribution < -0.4 is 10.6 Å². The number of nitrogens with one attached hydrogen (secondary N) is 2. The minimum Gasteiger partial charge on any atom is -0.348 e. The third-order valence-electron chi connectivity index (χ3n) is 2.72. The lowest BCUT2D eigenvalue weighted by Crippen LogP contribution is -2.36. The van der Waals surface area contributed by atoms with Crippen molar-refractivity contribution in [1.82, 2.24) is 10.2 Å². The summed E-state index contributed by atoms with van der Waals surface area (Å²) >= 11 is 5.86. The van der Waals surface area contributed by atoms with Crippen molar-refractivity contribution in [3.63, 3.8) is 0 Å². The number of hydrogen-bond acceptors (Lipinski definition) is 3. The molecule has 2 amide bonds. The van der Waals surface area contributed by atoms with Gasteiger partial charge in [-0.2, -0.15) is 0 Å². The number of benzene rings is 1. The summed E-state index contributed by atoms with van der Waals surface area (Å²) in [5.41, 5.74) is 1.40. The summed E-state index contributed by atoms with van der Waals surface area (Å²) in [6.45, 7) is 3.16. The van der Waals surface area contributed by atoms with Gasteiger partial charge in [0.1, 0.15) is 0 Å². The number of rotatable bonds is 5. The molecule has 0 spiro atoms. The van der Waals surface area contributed by atoms with Crippen molar-refractivity contribution in [3.05, 3.63) is 28.8 Å². The molecule has 110 valence electrons. The second-order valence-electron chi connectivity index (χ2n) is 4.83. The lowest BCUT2D eigenvalue weighted by Gasteiger charge is -2.11. The zero-order chi connectivity index (χ0) is 15.1. The van der Waals surface area contributed by atoms with Crippen LogP contribution in [0.4, 0.5) is 5.69 Å². The largest absolute Gasteiger partial charge is 0.348 e. The van der Waals surface area contributed by atoms with Crippen LogP contribution in [0.15, 0.2) is 18.2 Å². The molecule has 0 heterocycles. The summed E-state index contributed by atoms with van der Waals surface area (Å²) < 4.78 is 0. The minimum atomic E-state index is -0.680. The Kier molecular flexibility index (Phi) is 6.48. The summed E-state index contributed by atoms with van der Waals surface area (Å²) in [6.07, 6.45) is 0.794. The van der Waals surface area contributed by atoms with E-state index >= 15 is 0 Å². The van der Waals surface area contributed by atoms with Crippen LogP contribution in [0.25, 0.3) is 0 Å². The molecular formula is C14H20ClN3O2. The summed E-state index contributed by atoms with van der Waals surface area (Å²) in [4.78, 5) is 25.4. The molecule has 2 N–H and O–H groups in total. The molecule has 0 aromatic heterocycles. The monoisotopic (exact) mass is 297 g/mol. The van der Waals surface area contributed by atoms with Crippen LogP contribution in [0.1, 0.15) is 12.0 Å². The highest BCUT2D eigenvalue weighted by Crippen LogP contribution is 2.19. The van der Waals surface area contributed by atoms with Gasteiger partial charge in [-0.1, -0.05) is 17.7 Å². The van der Waals surface area contributed by atoms with Crippen molar-refractivity contribution >= 4 is 29.1 Å². The minimum absolute atomic E-state index is 0.471. The third kappa shape index (κ3) is 5.59. The average molecular weight is 298 g/mol. The Labute approximate surface area is 124 Å². The number of anilines is 1. The van der Waals surface area contributed by atoms with E-state index in [0.717, 1.165) is 18.5 Å². The smallest absolute Gasteiger partial charge is 0.313 e. The molecule has 0 aliphatic carbocycles. The lowest BCUT2D eigenvalue weighted by molar-refractivity contribution is -0.136. The van der Waals surface area contributed by atoms with E-state index in [9.17, 15) is 9.59 Å². The third-order valence-corrected chi connectivity index (χ3v) is 2.96. The van der Waals surface area contributed by atoms with Gasteiger partial charge in [0.2, 0.25) is 0 Å². The Morgan fingerprint density at radius 1 is 1.25 bits per heavy atom. The summed E-state index contributed by atoms with van der Waals surface area (Å²) in [5.74, 6) is -1.32. The van der Waals surface area contributed by atoms with E-state index in [2.05, 4.69) is 10.6 Å². The fourth-order valence-corrected chi connectivity index (χ4v) is 1.76. The molecule has 0 atom stereocenters. The first-order chi connectivity index (χ1) is 9.40. The highest BCUT2D eigenvalue weighted by molar-refractivity contribution is 6.40. The van der Waals surface area contributed by atoms with Gasteiger partial charge in [-0.3, -0.25) is 9.59 Å². The first kappa shape index (κ1) is 16.5. The van der Waals surface area contributed by atoms with E-state index in [1.54, 1.807) is 18.2 Å². The van der Waals surface area contributed by atoms with Gasteiger partial charge in [0.15, 0.2) is 0 Å². The Hall–Kier alpha value is -1.59. The van der Waals surface area contributed by atoms with Crippen LogP contribution >= 0.6 is 11.6 Å². The second-order valence-corrected chi connectivity index (χ2v) is 5.26. The predicted octanol–water partition coefficient (Wildman–Crippen LogP) is 1.65. The number of hydrogen-bond donors (Lipinski definition) is 2. The van der Waals surface area contributed by atoms with E-state index in [0.29, 0.717) is 17.3 Å². The second kappa shape index (κ2) is 7.87. The SMILES string of the molecule is Cc1ccc(Cl)cc1NC(=O)C(=O)NCCCN(C)C. The maximum Gasteiger partial charge on any atom is 0.313 e. The summed E-state index contributed by atoms with van der Waals surface area (Å²) in [5, 5.41) is 5.65. The van der Waals surface area contributed by atoms with Crippen LogP contribution in [0, 0.1) is 6.92 Å². The molecule has 1 aromatic carbocycles. The van der Waals surface area contributed by atoms with Crippen LogP contribution in [0.2, 0.25) is 5.02 Å². The van der Waals surface area contributed by atoms with Gasteiger partial charge in [0.25, 0.3) is 0 Å². The number of halogens is 1. The van der Waals surface area contributed by atoms with Gasteiger partial charge in [-0.15, -0.1) is 0 Å². The van der Waals surface area contributed by atoms with Crippen LogP contribution in [-0.4, -0.2) is 43.9 Å². The molecule has 0 fully saturated rings. The molecule has 0 bridgehead atoms. The predicted molar refractivity (Wildman–Crippen MR) is 81.0 cm³/mol. The Balaban J connectivity index is 2.45. The molecule has 0 aliphatic heterocycles. The van der Waals surface area contributed by atoms with Crippen LogP contribution in [0.3, 0.4) is 0 Å². The highest BCUT2D eigenvalue weighted by atomic mass is 35.5. The molecule has 0 radical (unpaired) electrons. The van der Waals surface area contributed by atoms with E-state index in [1.807, 2.05) is 25.9 Å². The average Bonchev–Trinajstić information content (AvgIpc) is 2.38. The van der Waals surface area contributed by atoms with Crippen molar-refractivity contribution in [1.29, 1.82) is 0 Å². The first-order valence-electron chi connectivity index (χ1n) is 6.40. The van der Waals surface area contributed by atoms with Gasteiger partial charge in [-0.05, 0) is 51.7 Å². The Morgan fingerprint density at radius 2 is 1.95 bits per heavy atom. The molecule has 0 saturated heterocycles. The first-order valence-corrected chi connectivity index (χ1v) is 6.78. The molecule has 0 saturated carbocycles. The van der Waals surface area contributed by atoms with Crippen molar-refractivity contribution in [2.24, 2.45) is 0 Å². The van der Waals surface area contributed by atoms with Gasteiger partial charge in [-0.25, -0.2) is 0 Å². The standard InChI is InChI=1S/C14H20ClN3O2/c1-10-5-6-11(15)9-12(10)17-14(20)13(19)16-7-4-8-18(2)3/h5-6,9H,4,7-8H2,1-3H3,(H,16,19)(H,17,20). The summed E-state index contributed by atoms with van der Waals surface area (Å²) in [7, 11) is 3.91. The molecule has 0 aliphatic rings.